The molecular weight excluding hydrogens is 396 g/mol. The molecule has 1 aromatic carbocycles. The number of unbranched alkanes of at least 4 members (excludes halogenated alkanes) is 1. The van der Waals surface area contributed by atoms with Gasteiger partial charge >= 0.3 is 12.4 Å². The lowest BCUT2D eigenvalue weighted by atomic mass is 10.1. The van der Waals surface area contributed by atoms with E-state index in [2.05, 4.69) is 4.40 Å². The second-order valence-corrected chi connectivity index (χ2v) is 8.65. The van der Waals surface area contributed by atoms with Crippen LogP contribution in [-0.2, 0) is 11.0 Å². The van der Waals surface area contributed by atoms with E-state index in [0.717, 1.165) is 12.1 Å². The van der Waals surface area contributed by atoms with Gasteiger partial charge in [-0.05, 0) is 57.9 Å². The molecule has 0 aromatic heterocycles. The molecule has 0 aliphatic rings. The van der Waals surface area contributed by atoms with Gasteiger partial charge in [-0.2, -0.15) is 30.7 Å². The lowest BCUT2D eigenvalue weighted by Crippen LogP contribution is -2.28. The fraction of sp³-hybridized carbons (Fsp3) is 0.588. The summed E-state index contributed by atoms with van der Waals surface area (Å²) < 4.78 is 95.4. The predicted molar refractivity (Wildman–Crippen MR) is 92.3 cm³/mol. The van der Waals surface area contributed by atoms with Gasteiger partial charge in [-0.1, -0.05) is 0 Å². The van der Waals surface area contributed by atoms with Crippen molar-refractivity contribution in [2.75, 3.05) is 6.61 Å². The lowest BCUT2D eigenvalue weighted by molar-refractivity contribution is -0.135. The Morgan fingerprint density at radius 3 is 2.00 bits per heavy atom. The van der Waals surface area contributed by atoms with E-state index < -0.39 is 40.2 Å². The highest BCUT2D eigenvalue weighted by Gasteiger charge is 2.38. The molecule has 1 rings (SSSR count). The SMILES string of the molecule is CC(C)(C)[S@](=O)N=C(c1ccc(OCCCCC(F)(F)F)cc1)C(F)(F)F. The first-order chi connectivity index (χ1) is 12.2. The molecule has 1 aromatic rings. The Morgan fingerprint density at radius 1 is 1.00 bits per heavy atom. The van der Waals surface area contributed by atoms with Crippen molar-refractivity contribution in [2.24, 2.45) is 4.40 Å². The van der Waals surface area contributed by atoms with E-state index in [1.165, 1.54) is 32.9 Å². The molecule has 154 valence electrons. The monoisotopic (exact) mass is 417 g/mol. The van der Waals surface area contributed by atoms with Crippen molar-refractivity contribution in [3.05, 3.63) is 29.8 Å². The molecule has 1 atom stereocenters. The van der Waals surface area contributed by atoms with Crippen molar-refractivity contribution in [3.8, 4) is 5.75 Å². The summed E-state index contributed by atoms with van der Waals surface area (Å²) in [5.74, 6) is 0.226. The Balaban J connectivity index is 2.79. The van der Waals surface area contributed by atoms with Crippen molar-refractivity contribution < 1.29 is 35.3 Å². The molecule has 27 heavy (non-hydrogen) atoms. The number of halogens is 6. The van der Waals surface area contributed by atoms with Crippen molar-refractivity contribution >= 4 is 16.7 Å². The first-order valence-corrected chi connectivity index (χ1v) is 9.19. The fourth-order valence-electron chi connectivity index (χ4n) is 1.81. The van der Waals surface area contributed by atoms with Gasteiger partial charge in [-0.15, -0.1) is 0 Å². The van der Waals surface area contributed by atoms with Crippen LogP contribution in [0.1, 0.15) is 45.6 Å². The Morgan fingerprint density at radius 2 is 1.56 bits per heavy atom. The Kier molecular flexibility index (Phi) is 7.88. The third kappa shape index (κ3) is 8.77. The van der Waals surface area contributed by atoms with Gasteiger partial charge in [-0.25, -0.2) is 4.21 Å². The summed E-state index contributed by atoms with van der Waals surface area (Å²) in [5, 5.41) is 0. The topological polar surface area (TPSA) is 38.7 Å². The average molecular weight is 417 g/mol. The van der Waals surface area contributed by atoms with Crippen LogP contribution in [0, 0.1) is 0 Å². The molecule has 0 bridgehead atoms. The van der Waals surface area contributed by atoms with Crippen LogP contribution in [0.15, 0.2) is 28.7 Å². The molecule has 0 radical (unpaired) electrons. The molecule has 0 amide bonds. The van der Waals surface area contributed by atoms with Gasteiger partial charge in [0.15, 0.2) is 5.71 Å². The zero-order chi connectivity index (χ0) is 20.9. The maximum atomic E-state index is 13.3. The average Bonchev–Trinajstić information content (AvgIpc) is 2.49. The molecule has 0 saturated carbocycles. The van der Waals surface area contributed by atoms with Crippen LogP contribution in [0.25, 0.3) is 0 Å². The van der Waals surface area contributed by atoms with Crippen LogP contribution in [-0.4, -0.2) is 33.6 Å². The predicted octanol–water partition coefficient (Wildman–Crippen LogP) is 5.61. The van der Waals surface area contributed by atoms with Crippen LogP contribution < -0.4 is 4.74 Å². The van der Waals surface area contributed by atoms with Crippen molar-refractivity contribution in [3.63, 3.8) is 0 Å². The Labute approximate surface area is 156 Å². The third-order valence-electron chi connectivity index (χ3n) is 3.22. The molecule has 0 fully saturated rings. The van der Waals surface area contributed by atoms with E-state index in [4.69, 9.17) is 4.74 Å². The van der Waals surface area contributed by atoms with Crippen LogP contribution in [0.5, 0.6) is 5.75 Å². The van der Waals surface area contributed by atoms with E-state index in [0.29, 0.717) is 0 Å². The minimum absolute atomic E-state index is 0.0175. The van der Waals surface area contributed by atoms with Crippen molar-refractivity contribution in [1.29, 1.82) is 0 Å². The smallest absolute Gasteiger partial charge is 0.434 e. The summed E-state index contributed by atoms with van der Waals surface area (Å²) in [6.07, 6.45) is -9.85. The zero-order valence-electron chi connectivity index (χ0n) is 15.1. The van der Waals surface area contributed by atoms with Crippen molar-refractivity contribution in [2.45, 2.75) is 57.1 Å². The van der Waals surface area contributed by atoms with Crippen LogP contribution in [0.3, 0.4) is 0 Å². The number of benzene rings is 1. The summed E-state index contributed by atoms with van der Waals surface area (Å²) in [7, 11) is -2.09. The first-order valence-electron chi connectivity index (χ1n) is 8.08. The number of hydrogen-bond acceptors (Lipinski definition) is 2. The summed E-state index contributed by atoms with van der Waals surface area (Å²) in [6, 6.07) is 4.77. The minimum atomic E-state index is -4.79. The molecule has 3 nitrogen and oxygen atoms in total. The van der Waals surface area contributed by atoms with Gasteiger partial charge in [0.1, 0.15) is 16.7 Å². The zero-order valence-corrected chi connectivity index (χ0v) is 15.9. The maximum Gasteiger partial charge on any atom is 0.434 e. The summed E-state index contributed by atoms with van der Waals surface area (Å²) in [6.45, 7) is 4.55. The number of nitrogens with zero attached hydrogens (tertiary/aromatic N) is 1. The second-order valence-electron chi connectivity index (χ2n) is 6.74. The highest BCUT2D eigenvalue weighted by atomic mass is 32.2. The highest BCUT2D eigenvalue weighted by molar-refractivity contribution is 7.85. The molecule has 0 spiro atoms. The van der Waals surface area contributed by atoms with E-state index in [-0.39, 0.29) is 30.8 Å². The molecule has 0 N–H and O–H groups in total. The van der Waals surface area contributed by atoms with Crippen LogP contribution in [0.4, 0.5) is 26.3 Å². The summed E-state index contributed by atoms with van der Waals surface area (Å²) in [5.41, 5.74) is -1.53. The van der Waals surface area contributed by atoms with E-state index in [1.807, 2.05) is 0 Å². The minimum Gasteiger partial charge on any atom is -0.494 e. The maximum absolute atomic E-state index is 13.3. The first kappa shape index (κ1) is 23.5. The standard InChI is InChI=1S/C17H21F6NO2S/c1-15(2,3)27(25)24-14(17(21,22)23)12-6-8-13(9-7-12)26-11-5-4-10-16(18,19)20/h6-9H,4-5,10-11H2,1-3H3/t27-/m0/s1. The second kappa shape index (κ2) is 9.07. The van der Waals surface area contributed by atoms with E-state index in [1.54, 1.807) is 0 Å². The van der Waals surface area contributed by atoms with Crippen LogP contribution >= 0.6 is 0 Å². The Hall–Kier alpha value is -1.58. The summed E-state index contributed by atoms with van der Waals surface area (Å²) >= 11 is 0. The molecule has 0 unspecified atom stereocenters. The molecular formula is C17H21F6NO2S. The van der Waals surface area contributed by atoms with Gasteiger partial charge in [0, 0.05) is 12.0 Å². The largest absolute Gasteiger partial charge is 0.494 e. The summed E-state index contributed by atoms with van der Waals surface area (Å²) in [4.78, 5) is 0. The highest BCUT2D eigenvalue weighted by Crippen LogP contribution is 2.27. The van der Waals surface area contributed by atoms with Gasteiger partial charge < -0.3 is 4.74 Å². The van der Waals surface area contributed by atoms with Gasteiger partial charge in [0.25, 0.3) is 0 Å². The van der Waals surface area contributed by atoms with Crippen molar-refractivity contribution in [1.82, 2.24) is 0 Å². The fourth-order valence-corrected chi connectivity index (χ4v) is 2.46. The number of alkyl halides is 6. The van der Waals surface area contributed by atoms with Gasteiger partial charge in [-0.3, -0.25) is 0 Å². The van der Waals surface area contributed by atoms with Gasteiger partial charge in [0.2, 0.25) is 0 Å². The lowest BCUT2D eigenvalue weighted by Gasteiger charge is -2.17. The molecule has 10 heteroatoms. The molecule has 0 saturated heterocycles. The van der Waals surface area contributed by atoms with E-state index in [9.17, 15) is 30.6 Å². The number of hydrogen-bond donors (Lipinski definition) is 0. The van der Waals surface area contributed by atoms with Gasteiger partial charge in [0.05, 0.1) is 11.4 Å². The quantitative estimate of drug-likeness (QED) is 0.329. The molecule has 0 aliphatic carbocycles. The number of ether oxygens (including phenoxy) is 1. The molecule has 0 heterocycles. The number of rotatable bonds is 7. The molecule has 0 aliphatic heterocycles. The van der Waals surface area contributed by atoms with Crippen LogP contribution in [0.2, 0.25) is 0 Å². The van der Waals surface area contributed by atoms with E-state index >= 15 is 0 Å². The third-order valence-corrected chi connectivity index (χ3v) is 4.61. The normalized spacial score (nSPS) is 14.9. The Bertz CT molecular complexity index is 660.